The Labute approximate surface area is 224 Å². The topological polar surface area (TPSA) is 102 Å². The number of imide groups is 1. The van der Waals surface area contributed by atoms with Crippen LogP contribution in [0.15, 0.2) is 40.9 Å². The molecule has 2 atom stereocenters. The van der Waals surface area contributed by atoms with Crippen molar-refractivity contribution in [1.82, 2.24) is 15.1 Å². The maximum absolute atomic E-state index is 13.2. The molecule has 0 aliphatic carbocycles. The Balaban J connectivity index is 1.21. The standard InChI is InChI=1S/C27H31BrN4O5/c1-37-23-15-17(14-18-16-32(27(36)25(18)23)21-6-7-24(34)29-26(21)35)22(33)8-9-30-10-12-31(13-11-30)20-4-2-19(28)3-5-20/h2-5,14-15,21-22,33H,6-13,16H2,1H3,(H,29,34,35). The Morgan fingerprint density at radius 2 is 1.84 bits per heavy atom. The number of amides is 3. The quantitative estimate of drug-likeness (QED) is 0.493. The van der Waals surface area contributed by atoms with Gasteiger partial charge >= 0.3 is 0 Å². The molecule has 2 fully saturated rings. The van der Waals surface area contributed by atoms with Crippen molar-refractivity contribution in [3.05, 3.63) is 57.6 Å². The van der Waals surface area contributed by atoms with E-state index < -0.39 is 18.1 Å². The van der Waals surface area contributed by atoms with Crippen LogP contribution in [-0.4, -0.2) is 78.5 Å². The third-order valence-corrected chi connectivity index (χ3v) is 8.02. The summed E-state index contributed by atoms with van der Waals surface area (Å²) in [7, 11) is 1.50. The van der Waals surface area contributed by atoms with Gasteiger partial charge in [-0.3, -0.25) is 24.6 Å². The maximum Gasteiger partial charge on any atom is 0.258 e. The number of rotatable bonds is 7. The van der Waals surface area contributed by atoms with Crippen LogP contribution in [0.5, 0.6) is 5.75 Å². The van der Waals surface area contributed by atoms with Crippen molar-refractivity contribution in [1.29, 1.82) is 0 Å². The normalized spacial score (nSPS) is 21.2. The summed E-state index contributed by atoms with van der Waals surface area (Å²) >= 11 is 3.48. The second-order valence-electron chi connectivity index (χ2n) is 9.77. The molecule has 10 heteroatoms. The molecule has 2 N–H and O–H groups in total. The van der Waals surface area contributed by atoms with Gasteiger partial charge < -0.3 is 19.6 Å². The molecule has 5 rings (SSSR count). The fourth-order valence-electron chi connectivity index (χ4n) is 5.40. The van der Waals surface area contributed by atoms with E-state index in [1.54, 1.807) is 6.07 Å². The summed E-state index contributed by atoms with van der Waals surface area (Å²) in [5.74, 6) is -0.652. The van der Waals surface area contributed by atoms with Crippen molar-refractivity contribution in [2.24, 2.45) is 0 Å². The third-order valence-electron chi connectivity index (χ3n) is 7.50. The van der Waals surface area contributed by atoms with E-state index >= 15 is 0 Å². The fourth-order valence-corrected chi connectivity index (χ4v) is 5.67. The van der Waals surface area contributed by atoms with Crippen molar-refractivity contribution in [2.75, 3.05) is 44.7 Å². The number of ether oxygens (including phenoxy) is 1. The van der Waals surface area contributed by atoms with Gasteiger partial charge in [0.05, 0.1) is 18.8 Å². The zero-order valence-corrected chi connectivity index (χ0v) is 22.4. The van der Waals surface area contributed by atoms with Gasteiger partial charge in [0.1, 0.15) is 11.8 Å². The minimum absolute atomic E-state index is 0.203. The molecule has 9 nitrogen and oxygen atoms in total. The Bertz CT molecular complexity index is 1200. The number of carbonyl (C=O) groups is 3. The number of halogens is 1. The monoisotopic (exact) mass is 570 g/mol. The van der Waals surface area contributed by atoms with Crippen LogP contribution in [0.4, 0.5) is 5.69 Å². The number of nitrogens with zero attached hydrogens (tertiary/aromatic N) is 3. The molecule has 0 radical (unpaired) electrons. The molecule has 0 spiro atoms. The van der Waals surface area contributed by atoms with Gasteiger partial charge in [-0.15, -0.1) is 0 Å². The summed E-state index contributed by atoms with van der Waals surface area (Å²) in [6, 6.07) is 11.2. The lowest BCUT2D eigenvalue weighted by Gasteiger charge is -2.36. The highest BCUT2D eigenvalue weighted by molar-refractivity contribution is 9.10. The van der Waals surface area contributed by atoms with Crippen LogP contribution < -0.4 is 15.0 Å². The molecule has 2 unspecified atom stereocenters. The van der Waals surface area contributed by atoms with E-state index in [-0.39, 0.29) is 24.8 Å². The van der Waals surface area contributed by atoms with Crippen LogP contribution in [0.3, 0.4) is 0 Å². The summed E-state index contributed by atoms with van der Waals surface area (Å²) in [4.78, 5) is 43.3. The van der Waals surface area contributed by atoms with Gasteiger partial charge in [-0.2, -0.15) is 0 Å². The van der Waals surface area contributed by atoms with Gasteiger partial charge in [-0.05, 0) is 54.3 Å². The number of hydrogen-bond donors (Lipinski definition) is 2. The highest BCUT2D eigenvalue weighted by Gasteiger charge is 2.41. The van der Waals surface area contributed by atoms with Gasteiger partial charge in [0, 0.05) is 55.8 Å². The van der Waals surface area contributed by atoms with Crippen molar-refractivity contribution in [3.8, 4) is 5.75 Å². The minimum atomic E-state index is -0.705. The number of aliphatic hydroxyl groups is 1. The molecule has 3 aliphatic heterocycles. The third kappa shape index (κ3) is 5.37. The molecule has 196 valence electrons. The summed E-state index contributed by atoms with van der Waals surface area (Å²) in [6.45, 7) is 4.72. The number of piperidine rings is 1. The molecule has 3 amide bonds. The predicted molar refractivity (Wildman–Crippen MR) is 141 cm³/mol. The lowest BCUT2D eigenvalue weighted by Crippen LogP contribution is -2.52. The molecular weight excluding hydrogens is 540 g/mol. The number of benzene rings is 2. The van der Waals surface area contributed by atoms with Crippen LogP contribution in [0.25, 0.3) is 0 Å². The van der Waals surface area contributed by atoms with E-state index in [2.05, 4.69) is 55.3 Å². The second-order valence-corrected chi connectivity index (χ2v) is 10.7. The molecule has 37 heavy (non-hydrogen) atoms. The largest absolute Gasteiger partial charge is 0.496 e. The lowest BCUT2D eigenvalue weighted by molar-refractivity contribution is -0.136. The number of nitrogens with one attached hydrogen (secondary N) is 1. The highest BCUT2D eigenvalue weighted by Crippen LogP contribution is 2.36. The van der Waals surface area contributed by atoms with Crippen molar-refractivity contribution >= 4 is 39.3 Å². The molecule has 3 heterocycles. The Kier molecular flexibility index (Phi) is 7.50. The second kappa shape index (κ2) is 10.8. The first-order valence-electron chi connectivity index (χ1n) is 12.6. The van der Waals surface area contributed by atoms with E-state index in [0.717, 1.165) is 42.8 Å². The predicted octanol–water partition coefficient (Wildman–Crippen LogP) is 2.46. The van der Waals surface area contributed by atoms with E-state index in [1.165, 1.54) is 17.7 Å². The average Bonchev–Trinajstić information content (AvgIpc) is 3.23. The fraction of sp³-hybridized carbons (Fsp3) is 0.444. The number of methoxy groups -OCH3 is 1. The first-order chi connectivity index (χ1) is 17.8. The van der Waals surface area contributed by atoms with Crippen LogP contribution in [0.2, 0.25) is 0 Å². The number of fused-ring (bicyclic) bond motifs is 1. The van der Waals surface area contributed by atoms with Gasteiger partial charge in [-0.25, -0.2) is 0 Å². The van der Waals surface area contributed by atoms with E-state index in [0.29, 0.717) is 29.7 Å². The summed E-state index contributed by atoms with van der Waals surface area (Å²) in [6.07, 6.45) is 0.362. The number of anilines is 1. The molecular formula is C27H31BrN4O5. The molecule has 3 aliphatic rings. The Morgan fingerprint density at radius 3 is 2.51 bits per heavy atom. The van der Waals surface area contributed by atoms with Crippen molar-refractivity contribution in [3.63, 3.8) is 0 Å². The average molecular weight is 571 g/mol. The number of carbonyl (C=O) groups excluding carboxylic acids is 3. The minimum Gasteiger partial charge on any atom is -0.496 e. The zero-order valence-electron chi connectivity index (χ0n) is 20.8. The van der Waals surface area contributed by atoms with Crippen LogP contribution >= 0.6 is 15.9 Å². The van der Waals surface area contributed by atoms with Gasteiger partial charge in [0.25, 0.3) is 5.91 Å². The first kappa shape index (κ1) is 25.7. The SMILES string of the molecule is COc1cc(C(O)CCN2CCN(c3ccc(Br)cc3)CC2)cc2c1C(=O)N(C1CCC(=O)NC1=O)C2. The van der Waals surface area contributed by atoms with E-state index in [4.69, 9.17) is 4.74 Å². The molecule has 0 aromatic heterocycles. The van der Waals surface area contributed by atoms with E-state index in [1.807, 2.05) is 6.07 Å². The van der Waals surface area contributed by atoms with E-state index in [9.17, 15) is 19.5 Å². The molecule has 2 aromatic rings. The maximum atomic E-state index is 13.2. The zero-order chi connectivity index (χ0) is 26.1. The number of hydrogen-bond acceptors (Lipinski definition) is 7. The summed E-state index contributed by atoms with van der Waals surface area (Å²) in [5, 5.41) is 13.3. The highest BCUT2D eigenvalue weighted by atomic mass is 79.9. The van der Waals surface area contributed by atoms with Crippen molar-refractivity contribution < 1.29 is 24.2 Å². The van der Waals surface area contributed by atoms with Gasteiger partial charge in [0.2, 0.25) is 11.8 Å². The van der Waals surface area contributed by atoms with Crippen LogP contribution in [0.1, 0.15) is 46.9 Å². The van der Waals surface area contributed by atoms with Gasteiger partial charge in [-0.1, -0.05) is 22.0 Å². The number of piperazine rings is 1. The Hall–Kier alpha value is -2.95. The Morgan fingerprint density at radius 1 is 1.11 bits per heavy atom. The summed E-state index contributed by atoms with van der Waals surface area (Å²) < 4.78 is 6.59. The van der Waals surface area contributed by atoms with Crippen LogP contribution in [-0.2, 0) is 16.1 Å². The molecule has 0 bridgehead atoms. The summed E-state index contributed by atoms with van der Waals surface area (Å²) in [5.41, 5.74) is 3.06. The molecule has 2 aromatic carbocycles. The van der Waals surface area contributed by atoms with Gasteiger partial charge in [0.15, 0.2) is 0 Å². The molecule has 0 saturated carbocycles. The lowest BCUT2D eigenvalue weighted by atomic mass is 9.99. The van der Waals surface area contributed by atoms with Crippen molar-refractivity contribution in [2.45, 2.75) is 38.0 Å². The molecule has 2 saturated heterocycles. The first-order valence-corrected chi connectivity index (χ1v) is 13.4. The number of aliphatic hydroxyl groups excluding tert-OH is 1. The van der Waals surface area contributed by atoms with Crippen LogP contribution in [0, 0.1) is 0 Å². The smallest absolute Gasteiger partial charge is 0.258 e.